The summed E-state index contributed by atoms with van der Waals surface area (Å²) in [6, 6.07) is 19.1. The Labute approximate surface area is 247 Å². The summed E-state index contributed by atoms with van der Waals surface area (Å²) in [5, 5.41) is 3.33. The van der Waals surface area contributed by atoms with Crippen LogP contribution in [0.4, 0.5) is 5.69 Å². The molecule has 1 N–H and O–H groups in total. The Kier molecular flexibility index (Phi) is 11.4. The highest BCUT2D eigenvalue weighted by Crippen LogP contribution is 2.33. The number of unbranched alkanes of at least 4 members (excludes halogenated alkanes) is 1. The summed E-state index contributed by atoms with van der Waals surface area (Å²) in [5.41, 5.74) is 1.95. The van der Waals surface area contributed by atoms with Gasteiger partial charge in [-0.1, -0.05) is 91.5 Å². The molecule has 0 aromatic heterocycles. The van der Waals surface area contributed by atoms with Crippen LogP contribution in [0.25, 0.3) is 0 Å². The molecule has 3 aromatic rings. The van der Waals surface area contributed by atoms with Gasteiger partial charge in [-0.2, -0.15) is 0 Å². The summed E-state index contributed by atoms with van der Waals surface area (Å²) in [7, 11) is -4.21. The molecule has 7 nitrogen and oxygen atoms in total. The maximum Gasteiger partial charge on any atom is 0.264 e. The van der Waals surface area contributed by atoms with Gasteiger partial charge in [-0.25, -0.2) is 8.42 Å². The first-order valence-corrected chi connectivity index (χ1v) is 15.4. The average molecular weight is 605 g/mol. The predicted octanol–water partition coefficient (Wildman–Crippen LogP) is 6.22. The van der Waals surface area contributed by atoms with Crippen LogP contribution < -0.4 is 9.62 Å². The lowest BCUT2D eigenvalue weighted by Gasteiger charge is -2.33. The molecular formula is C30H35Cl2N3O4S. The number of carbonyl (C=O) groups excluding carboxylic acids is 2. The van der Waals surface area contributed by atoms with Gasteiger partial charge in [0.25, 0.3) is 10.0 Å². The molecule has 0 spiro atoms. The van der Waals surface area contributed by atoms with Gasteiger partial charge in [0, 0.05) is 18.1 Å². The highest BCUT2D eigenvalue weighted by molar-refractivity contribution is 7.92. The summed E-state index contributed by atoms with van der Waals surface area (Å²) in [6.07, 6.45) is 2.08. The van der Waals surface area contributed by atoms with E-state index in [4.69, 9.17) is 23.2 Å². The normalized spacial score (nSPS) is 12.0. The number of nitrogens with zero attached hydrogens (tertiary/aromatic N) is 2. The molecule has 0 heterocycles. The van der Waals surface area contributed by atoms with Crippen molar-refractivity contribution in [2.24, 2.45) is 0 Å². The zero-order valence-corrected chi connectivity index (χ0v) is 25.3. The number of amides is 2. The van der Waals surface area contributed by atoms with E-state index in [0.717, 1.165) is 28.3 Å². The van der Waals surface area contributed by atoms with E-state index in [1.165, 1.54) is 35.2 Å². The number of aryl methyl sites for hydroxylation is 1. The van der Waals surface area contributed by atoms with E-state index in [9.17, 15) is 18.0 Å². The van der Waals surface area contributed by atoms with Crippen LogP contribution in [0.5, 0.6) is 0 Å². The van der Waals surface area contributed by atoms with Crippen molar-refractivity contribution in [3.05, 3.63) is 94.0 Å². The van der Waals surface area contributed by atoms with Gasteiger partial charge >= 0.3 is 0 Å². The van der Waals surface area contributed by atoms with E-state index in [0.29, 0.717) is 18.0 Å². The fourth-order valence-corrected chi connectivity index (χ4v) is 6.36. The van der Waals surface area contributed by atoms with Crippen molar-refractivity contribution in [1.29, 1.82) is 0 Å². The molecule has 0 saturated heterocycles. The minimum atomic E-state index is -4.21. The second-order valence-electron chi connectivity index (χ2n) is 9.50. The molecule has 1 atom stereocenters. The van der Waals surface area contributed by atoms with Crippen molar-refractivity contribution in [1.82, 2.24) is 10.2 Å². The lowest BCUT2D eigenvalue weighted by atomic mass is 10.1. The van der Waals surface area contributed by atoms with Crippen molar-refractivity contribution < 1.29 is 18.0 Å². The van der Waals surface area contributed by atoms with Crippen molar-refractivity contribution >= 4 is 50.7 Å². The van der Waals surface area contributed by atoms with Crippen LogP contribution in [-0.4, -0.2) is 44.3 Å². The van der Waals surface area contributed by atoms with Crippen molar-refractivity contribution in [3.8, 4) is 0 Å². The molecule has 0 fully saturated rings. The Morgan fingerprint density at radius 1 is 0.950 bits per heavy atom. The Morgan fingerprint density at radius 2 is 1.68 bits per heavy atom. The fourth-order valence-electron chi connectivity index (χ4n) is 4.35. The second-order valence-corrected chi connectivity index (χ2v) is 12.2. The number of nitrogens with one attached hydrogen (secondary N) is 1. The number of hydrogen-bond donors (Lipinski definition) is 1. The van der Waals surface area contributed by atoms with Crippen LogP contribution in [0.2, 0.25) is 10.0 Å². The minimum absolute atomic E-state index is 0.00315. The molecule has 40 heavy (non-hydrogen) atoms. The lowest BCUT2D eigenvalue weighted by Crippen LogP contribution is -2.52. The van der Waals surface area contributed by atoms with Crippen molar-refractivity contribution in [3.63, 3.8) is 0 Å². The van der Waals surface area contributed by atoms with E-state index >= 15 is 0 Å². The number of carbonyl (C=O) groups is 2. The standard InChI is InChI=1S/C30H35Cl2N3O4S/c1-4-6-17-33-30(37)27(5-2)34(20-23-12-10-11-22(3)18-23)29(36)21-35(28-16-15-24(31)19-26(28)32)40(38,39)25-13-8-7-9-14-25/h7-16,18-19,27H,4-6,17,20-21H2,1-3H3,(H,33,37). The summed E-state index contributed by atoms with van der Waals surface area (Å²) in [6.45, 7) is 5.86. The molecule has 0 saturated carbocycles. The van der Waals surface area contributed by atoms with Crippen LogP contribution in [0, 0.1) is 6.92 Å². The monoisotopic (exact) mass is 603 g/mol. The minimum Gasteiger partial charge on any atom is -0.354 e. The molecule has 0 bridgehead atoms. The number of anilines is 1. The van der Waals surface area contributed by atoms with Gasteiger partial charge < -0.3 is 10.2 Å². The fraction of sp³-hybridized carbons (Fsp3) is 0.333. The largest absolute Gasteiger partial charge is 0.354 e. The van der Waals surface area contributed by atoms with Gasteiger partial charge in [-0.05, 0) is 55.7 Å². The van der Waals surface area contributed by atoms with Crippen LogP contribution in [0.3, 0.4) is 0 Å². The summed E-state index contributed by atoms with van der Waals surface area (Å²) in [5.74, 6) is -0.816. The first kappa shape index (κ1) is 31.5. The van der Waals surface area contributed by atoms with E-state index in [2.05, 4.69) is 5.32 Å². The Balaban J connectivity index is 2.06. The van der Waals surface area contributed by atoms with E-state index in [1.54, 1.807) is 18.2 Å². The van der Waals surface area contributed by atoms with E-state index < -0.39 is 28.5 Å². The maximum absolute atomic E-state index is 14.1. The molecule has 0 radical (unpaired) electrons. The average Bonchev–Trinajstić information content (AvgIpc) is 2.92. The van der Waals surface area contributed by atoms with Crippen molar-refractivity contribution in [2.75, 3.05) is 17.4 Å². The molecule has 1 unspecified atom stereocenters. The van der Waals surface area contributed by atoms with Gasteiger partial charge in [0.15, 0.2) is 0 Å². The first-order chi connectivity index (χ1) is 19.1. The lowest BCUT2D eigenvalue weighted by molar-refractivity contribution is -0.140. The highest BCUT2D eigenvalue weighted by atomic mass is 35.5. The van der Waals surface area contributed by atoms with Gasteiger partial charge in [-0.3, -0.25) is 13.9 Å². The Bertz CT molecular complexity index is 1420. The quantitative estimate of drug-likeness (QED) is 0.235. The smallest absolute Gasteiger partial charge is 0.264 e. The van der Waals surface area contributed by atoms with Gasteiger partial charge in [0.05, 0.1) is 15.6 Å². The number of benzene rings is 3. The molecule has 0 aliphatic rings. The predicted molar refractivity (Wildman–Crippen MR) is 161 cm³/mol. The molecular weight excluding hydrogens is 569 g/mol. The van der Waals surface area contributed by atoms with Crippen LogP contribution >= 0.6 is 23.2 Å². The third-order valence-corrected chi connectivity index (χ3v) is 8.75. The molecule has 2 amide bonds. The van der Waals surface area contributed by atoms with Gasteiger partial charge in [0.1, 0.15) is 12.6 Å². The molecule has 0 aliphatic carbocycles. The zero-order valence-electron chi connectivity index (χ0n) is 22.9. The number of hydrogen-bond acceptors (Lipinski definition) is 4. The summed E-state index contributed by atoms with van der Waals surface area (Å²) >= 11 is 12.5. The summed E-state index contributed by atoms with van der Waals surface area (Å²) in [4.78, 5) is 28.8. The molecule has 10 heteroatoms. The van der Waals surface area contributed by atoms with Gasteiger partial charge in [-0.15, -0.1) is 0 Å². The van der Waals surface area contributed by atoms with Crippen molar-refractivity contribution in [2.45, 2.75) is 57.5 Å². The second kappa shape index (κ2) is 14.5. The number of sulfonamides is 1. The molecule has 0 aliphatic heterocycles. The molecule has 214 valence electrons. The third-order valence-electron chi connectivity index (χ3n) is 6.44. The van der Waals surface area contributed by atoms with Crippen LogP contribution in [0.1, 0.15) is 44.2 Å². The Morgan fingerprint density at radius 3 is 2.30 bits per heavy atom. The number of rotatable bonds is 13. The topological polar surface area (TPSA) is 86.8 Å². The zero-order chi connectivity index (χ0) is 29.3. The highest BCUT2D eigenvalue weighted by Gasteiger charge is 2.34. The SMILES string of the molecule is CCCCNC(=O)C(CC)N(Cc1cccc(C)c1)C(=O)CN(c1ccc(Cl)cc1Cl)S(=O)(=O)c1ccccc1. The number of halogens is 2. The van der Waals surface area contributed by atoms with Crippen LogP contribution in [0.15, 0.2) is 77.7 Å². The molecule has 3 rings (SSSR count). The van der Waals surface area contributed by atoms with E-state index in [-0.39, 0.29) is 28.1 Å². The summed E-state index contributed by atoms with van der Waals surface area (Å²) < 4.78 is 28.7. The van der Waals surface area contributed by atoms with E-state index in [1.807, 2.05) is 45.0 Å². The van der Waals surface area contributed by atoms with Crippen LogP contribution in [-0.2, 0) is 26.2 Å². The third kappa shape index (κ3) is 7.99. The molecule has 3 aromatic carbocycles. The first-order valence-electron chi connectivity index (χ1n) is 13.2. The maximum atomic E-state index is 14.1. The Hall–Kier alpha value is -3.07. The van der Waals surface area contributed by atoms with Gasteiger partial charge in [0.2, 0.25) is 11.8 Å².